The lowest BCUT2D eigenvalue weighted by Crippen LogP contribution is -2.49. The molecular formula is C17H19ClF3N3O3. The quantitative estimate of drug-likeness (QED) is 0.688. The topological polar surface area (TPSA) is 87.4 Å². The van der Waals surface area contributed by atoms with Gasteiger partial charge in [-0.15, -0.1) is 0 Å². The number of hydrogen-bond acceptors (Lipinski definition) is 4. The molecule has 10 heteroatoms. The van der Waals surface area contributed by atoms with Crippen LogP contribution in [0.4, 0.5) is 13.2 Å². The fourth-order valence-electron chi connectivity index (χ4n) is 2.56. The molecule has 0 aliphatic rings. The van der Waals surface area contributed by atoms with Gasteiger partial charge in [-0.1, -0.05) is 23.7 Å². The molecule has 148 valence electrons. The molecule has 0 saturated carbocycles. The molecule has 2 atom stereocenters. The zero-order chi connectivity index (χ0) is 20.5. The Hall–Kier alpha value is -2.10. The van der Waals surface area contributed by atoms with E-state index in [4.69, 9.17) is 11.6 Å². The Morgan fingerprint density at radius 1 is 1.33 bits per heavy atom. The molecule has 0 aliphatic carbocycles. The van der Waals surface area contributed by atoms with Crippen LogP contribution in [0.2, 0.25) is 5.02 Å². The molecule has 27 heavy (non-hydrogen) atoms. The van der Waals surface area contributed by atoms with Crippen molar-refractivity contribution in [3.05, 3.63) is 53.1 Å². The summed E-state index contributed by atoms with van der Waals surface area (Å²) in [5.74, 6) is -1.80. The molecule has 0 saturated heterocycles. The van der Waals surface area contributed by atoms with Crippen molar-refractivity contribution in [3.63, 3.8) is 0 Å². The summed E-state index contributed by atoms with van der Waals surface area (Å²) < 4.78 is 41.3. The maximum Gasteiger partial charge on any atom is 0.425 e. The van der Waals surface area contributed by atoms with Crippen LogP contribution in [0, 0.1) is 0 Å². The van der Waals surface area contributed by atoms with E-state index in [0.29, 0.717) is 10.6 Å². The largest absolute Gasteiger partial charge is 0.425 e. The zero-order valence-corrected chi connectivity index (χ0v) is 15.3. The molecule has 0 fully saturated rings. The van der Waals surface area contributed by atoms with Crippen LogP contribution < -0.4 is 5.32 Å². The Bertz CT molecular complexity index is 823. The normalized spacial score (nSPS) is 16.4. The second-order valence-electron chi connectivity index (χ2n) is 6.46. The summed E-state index contributed by atoms with van der Waals surface area (Å²) in [5, 5.41) is 23.2. The third-order valence-corrected chi connectivity index (χ3v) is 4.39. The lowest BCUT2D eigenvalue weighted by atomic mass is 9.94. The maximum atomic E-state index is 13.4. The number of carbonyl (C=O) groups is 1. The summed E-state index contributed by atoms with van der Waals surface area (Å²) in [7, 11) is 1.28. The number of halogens is 4. The lowest BCUT2D eigenvalue weighted by molar-refractivity contribution is -0.271. The van der Waals surface area contributed by atoms with Gasteiger partial charge >= 0.3 is 6.18 Å². The number of alkyl halides is 3. The van der Waals surface area contributed by atoms with E-state index >= 15 is 0 Å². The van der Waals surface area contributed by atoms with Gasteiger partial charge in [0.05, 0.1) is 13.0 Å². The monoisotopic (exact) mass is 405 g/mol. The van der Waals surface area contributed by atoms with Crippen molar-refractivity contribution in [1.82, 2.24) is 14.9 Å². The molecule has 0 bridgehead atoms. The van der Waals surface area contributed by atoms with Gasteiger partial charge in [-0.2, -0.15) is 13.2 Å². The lowest BCUT2D eigenvalue weighted by Gasteiger charge is -2.30. The van der Waals surface area contributed by atoms with Crippen LogP contribution in [0.3, 0.4) is 0 Å². The number of nitrogens with zero attached hydrogens (tertiary/aromatic N) is 2. The van der Waals surface area contributed by atoms with Gasteiger partial charge in [-0.05, 0) is 24.6 Å². The van der Waals surface area contributed by atoms with E-state index in [-0.39, 0.29) is 6.54 Å². The van der Waals surface area contributed by atoms with Crippen LogP contribution in [0.15, 0.2) is 36.7 Å². The standard InChI is InChI=1S/C17H19ClF3N3O3/c1-15(26,11-4-3-5-12(18)8-11)10-23-13(25)9-16(27,17(19,20)21)14-22-6-7-24(14)2/h3-8,26-27H,9-10H2,1-2H3,(H,23,25). The van der Waals surface area contributed by atoms with Crippen molar-refractivity contribution in [3.8, 4) is 0 Å². The van der Waals surface area contributed by atoms with E-state index in [1.165, 1.54) is 26.2 Å². The molecule has 1 amide bonds. The van der Waals surface area contributed by atoms with Crippen molar-refractivity contribution in [1.29, 1.82) is 0 Å². The first-order valence-electron chi connectivity index (χ1n) is 7.89. The van der Waals surface area contributed by atoms with Crippen LogP contribution in [0.1, 0.15) is 24.7 Å². The first kappa shape index (κ1) is 21.2. The number of nitrogens with one attached hydrogen (secondary N) is 1. The van der Waals surface area contributed by atoms with Gasteiger partial charge in [-0.3, -0.25) is 4.79 Å². The van der Waals surface area contributed by atoms with Gasteiger partial charge < -0.3 is 20.1 Å². The maximum absolute atomic E-state index is 13.4. The Kier molecular flexibility index (Phi) is 5.88. The smallest absolute Gasteiger partial charge is 0.384 e. The number of amides is 1. The fourth-order valence-corrected chi connectivity index (χ4v) is 2.75. The van der Waals surface area contributed by atoms with E-state index in [2.05, 4.69) is 10.3 Å². The van der Waals surface area contributed by atoms with Crippen molar-refractivity contribution in [2.75, 3.05) is 6.54 Å². The van der Waals surface area contributed by atoms with Crippen LogP contribution in [0.5, 0.6) is 0 Å². The van der Waals surface area contributed by atoms with Crippen molar-refractivity contribution >= 4 is 17.5 Å². The van der Waals surface area contributed by atoms with Crippen LogP contribution in [-0.2, 0) is 23.0 Å². The highest BCUT2D eigenvalue weighted by atomic mass is 35.5. The first-order chi connectivity index (χ1) is 12.4. The molecular weight excluding hydrogens is 387 g/mol. The highest BCUT2D eigenvalue weighted by Gasteiger charge is 2.58. The third-order valence-electron chi connectivity index (χ3n) is 4.15. The summed E-state index contributed by atoms with van der Waals surface area (Å²) in [6.45, 7) is 1.01. The molecule has 1 heterocycles. The SMILES string of the molecule is Cn1ccnc1C(O)(CC(=O)NCC(C)(O)c1cccc(Cl)c1)C(F)(F)F. The summed E-state index contributed by atoms with van der Waals surface area (Å²) in [6, 6.07) is 6.24. The number of aromatic nitrogens is 2. The molecule has 1 aromatic carbocycles. The van der Waals surface area contributed by atoms with Crippen LogP contribution in [-0.4, -0.2) is 38.4 Å². The summed E-state index contributed by atoms with van der Waals surface area (Å²) in [6.07, 6.45) is -4.10. The number of aliphatic hydroxyl groups is 2. The Labute approximate surface area is 158 Å². The average Bonchev–Trinajstić information content (AvgIpc) is 2.98. The predicted molar refractivity (Wildman–Crippen MR) is 91.8 cm³/mol. The minimum Gasteiger partial charge on any atom is -0.384 e. The Morgan fingerprint density at radius 2 is 2.00 bits per heavy atom. The van der Waals surface area contributed by atoms with Gasteiger partial charge in [-0.25, -0.2) is 4.98 Å². The highest BCUT2D eigenvalue weighted by molar-refractivity contribution is 6.30. The Morgan fingerprint density at radius 3 is 2.52 bits per heavy atom. The van der Waals surface area contributed by atoms with E-state index in [9.17, 15) is 28.2 Å². The third kappa shape index (κ3) is 4.60. The number of rotatable bonds is 6. The molecule has 2 aromatic rings. The summed E-state index contributed by atoms with van der Waals surface area (Å²) in [5.41, 5.74) is -4.65. The van der Waals surface area contributed by atoms with E-state index in [1.807, 2.05) is 0 Å². The number of imidazole rings is 1. The van der Waals surface area contributed by atoms with E-state index < -0.39 is 35.5 Å². The zero-order valence-electron chi connectivity index (χ0n) is 14.6. The van der Waals surface area contributed by atoms with Crippen LogP contribution in [0.25, 0.3) is 0 Å². The molecule has 2 unspecified atom stereocenters. The number of benzene rings is 1. The Balaban J connectivity index is 2.14. The predicted octanol–water partition coefficient (Wildman–Crippen LogP) is 2.24. The fraction of sp³-hybridized carbons (Fsp3) is 0.412. The van der Waals surface area contributed by atoms with E-state index in [0.717, 1.165) is 10.8 Å². The molecule has 0 aliphatic heterocycles. The molecule has 0 spiro atoms. The minimum absolute atomic E-state index is 0.361. The molecule has 0 radical (unpaired) electrons. The van der Waals surface area contributed by atoms with Crippen molar-refractivity contribution < 1.29 is 28.2 Å². The molecule has 6 nitrogen and oxygen atoms in total. The summed E-state index contributed by atoms with van der Waals surface area (Å²) >= 11 is 5.86. The number of carbonyl (C=O) groups excluding carboxylic acids is 1. The van der Waals surface area contributed by atoms with Gasteiger partial charge in [0.1, 0.15) is 5.60 Å². The second kappa shape index (κ2) is 7.49. The number of hydrogen-bond donors (Lipinski definition) is 3. The van der Waals surface area contributed by atoms with Gasteiger partial charge in [0.2, 0.25) is 11.5 Å². The van der Waals surface area contributed by atoms with Gasteiger partial charge in [0.15, 0.2) is 5.82 Å². The minimum atomic E-state index is -5.13. The van der Waals surface area contributed by atoms with Gasteiger partial charge in [0.25, 0.3) is 0 Å². The van der Waals surface area contributed by atoms with Crippen molar-refractivity contribution in [2.24, 2.45) is 7.05 Å². The van der Waals surface area contributed by atoms with Crippen molar-refractivity contribution in [2.45, 2.75) is 30.7 Å². The average molecular weight is 406 g/mol. The number of aryl methyl sites for hydroxylation is 1. The summed E-state index contributed by atoms with van der Waals surface area (Å²) in [4.78, 5) is 15.6. The van der Waals surface area contributed by atoms with Gasteiger partial charge in [0, 0.05) is 24.5 Å². The molecule has 3 N–H and O–H groups in total. The molecule has 1 aromatic heterocycles. The highest BCUT2D eigenvalue weighted by Crippen LogP contribution is 2.40. The van der Waals surface area contributed by atoms with Crippen LogP contribution >= 0.6 is 11.6 Å². The van der Waals surface area contributed by atoms with E-state index in [1.54, 1.807) is 18.2 Å². The molecule has 2 rings (SSSR count). The second-order valence-corrected chi connectivity index (χ2v) is 6.89. The first-order valence-corrected chi connectivity index (χ1v) is 8.26.